The van der Waals surface area contributed by atoms with E-state index >= 15 is 0 Å². The Morgan fingerprint density at radius 2 is 2.27 bits per heavy atom. The van der Waals surface area contributed by atoms with Crippen LogP contribution in [0.25, 0.3) is 0 Å². The maximum atomic E-state index is 13.5. The molecule has 0 bridgehead atoms. The van der Waals surface area contributed by atoms with Gasteiger partial charge < -0.3 is 5.73 Å². The number of nitrogens with one attached hydrogen (secondary N) is 1. The van der Waals surface area contributed by atoms with E-state index in [1.807, 2.05) is 0 Å². The number of aromatic amines is 1. The molecule has 1 unspecified atom stereocenters. The zero-order valence-electron chi connectivity index (χ0n) is 7.61. The van der Waals surface area contributed by atoms with Crippen LogP contribution in [0.4, 0.5) is 4.39 Å². The SMILES string of the molecule is NC(c1ncn[nH]1)c1ccc(Cl)cc1F. The van der Waals surface area contributed by atoms with Gasteiger partial charge in [0.2, 0.25) is 0 Å². The smallest absolute Gasteiger partial charge is 0.145 e. The molecule has 0 amide bonds. The Morgan fingerprint density at radius 3 is 2.87 bits per heavy atom. The highest BCUT2D eigenvalue weighted by Gasteiger charge is 2.15. The highest BCUT2D eigenvalue weighted by Crippen LogP contribution is 2.21. The van der Waals surface area contributed by atoms with Gasteiger partial charge in [-0.05, 0) is 12.1 Å². The minimum absolute atomic E-state index is 0.330. The van der Waals surface area contributed by atoms with Crippen molar-refractivity contribution in [2.75, 3.05) is 0 Å². The largest absolute Gasteiger partial charge is 0.318 e. The van der Waals surface area contributed by atoms with E-state index in [1.165, 1.54) is 18.5 Å². The average Bonchev–Trinajstić information content (AvgIpc) is 2.69. The molecule has 0 aliphatic carbocycles. The predicted octanol–water partition coefficient (Wildman–Crippen LogP) is 1.65. The van der Waals surface area contributed by atoms with Gasteiger partial charge in [0.25, 0.3) is 0 Å². The fourth-order valence-electron chi connectivity index (χ4n) is 1.27. The molecule has 0 aliphatic rings. The number of nitrogens with zero attached hydrogens (tertiary/aromatic N) is 2. The molecule has 78 valence electrons. The Morgan fingerprint density at radius 1 is 1.47 bits per heavy atom. The van der Waals surface area contributed by atoms with E-state index in [0.717, 1.165) is 0 Å². The van der Waals surface area contributed by atoms with Crippen molar-refractivity contribution in [2.45, 2.75) is 6.04 Å². The summed E-state index contributed by atoms with van der Waals surface area (Å²) < 4.78 is 13.5. The highest BCUT2D eigenvalue weighted by atomic mass is 35.5. The zero-order chi connectivity index (χ0) is 10.8. The summed E-state index contributed by atoms with van der Waals surface area (Å²) in [5.74, 6) is -0.0392. The van der Waals surface area contributed by atoms with Gasteiger partial charge in [-0.1, -0.05) is 17.7 Å². The fraction of sp³-hybridized carbons (Fsp3) is 0.111. The van der Waals surface area contributed by atoms with Gasteiger partial charge in [-0.25, -0.2) is 9.37 Å². The first kappa shape index (κ1) is 10.1. The minimum atomic E-state index is -0.662. The Balaban J connectivity index is 2.38. The molecule has 1 heterocycles. The second-order valence-electron chi connectivity index (χ2n) is 3.01. The molecule has 1 aromatic carbocycles. The molecule has 2 aromatic rings. The molecule has 0 radical (unpaired) electrons. The van der Waals surface area contributed by atoms with Crippen LogP contribution in [-0.4, -0.2) is 15.2 Å². The number of halogens is 2. The van der Waals surface area contributed by atoms with E-state index in [4.69, 9.17) is 17.3 Å². The summed E-state index contributed by atoms with van der Waals surface area (Å²) in [6.45, 7) is 0. The molecular formula is C9H8ClFN4. The van der Waals surface area contributed by atoms with E-state index in [9.17, 15) is 4.39 Å². The van der Waals surface area contributed by atoms with Crippen LogP contribution < -0.4 is 5.73 Å². The fourth-order valence-corrected chi connectivity index (χ4v) is 1.42. The monoisotopic (exact) mass is 226 g/mol. The van der Waals surface area contributed by atoms with Crippen molar-refractivity contribution in [3.05, 3.63) is 46.8 Å². The van der Waals surface area contributed by atoms with Crippen LogP contribution in [0.15, 0.2) is 24.5 Å². The lowest BCUT2D eigenvalue weighted by atomic mass is 10.1. The third kappa shape index (κ3) is 1.98. The van der Waals surface area contributed by atoms with E-state index < -0.39 is 11.9 Å². The number of benzene rings is 1. The van der Waals surface area contributed by atoms with Gasteiger partial charge in [0.1, 0.15) is 18.0 Å². The average molecular weight is 227 g/mol. The third-order valence-electron chi connectivity index (χ3n) is 2.03. The quantitative estimate of drug-likeness (QED) is 0.818. The minimum Gasteiger partial charge on any atom is -0.318 e. The van der Waals surface area contributed by atoms with Gasteiger partial charge in [-0.3, -0.25) is 5.10 Å². The molecule has 0 aliphatic heterocycles. The van der Waals surface area contributed by atoms with Crippen molar-refractivity contribution < 1.29 is 4.39 Å². The summed E-state index contributed by atoms with van der Waals surface area (Å²) in [4.78, 5) is 3.86. The van der Waals surface area contributed by atoms with Crippen molar-refractivity contribution in [2.24, 2.45) is 5.73 Å². The van der Waals surface area contributed by atoms with E-state index in [0.29, 0.717) is 16.4 Å². The Kier molecular flexibility index (Phi) is 2.66. The van der Waals surface area contributed by atoms with Crippen LogP contribution in [0, 0.1) is 5.82 Å². The molecule has 0 fully saturated rings. The van der Waals surface area contributed by atoms with Gasteiger partial charge in [-0.2, -0.15) is 5.10 Å². The Hall–Kier alpha value is -1.46. The molecule has 15 heavy (non-hydrogen) atoms. The number of nitrogens with two attached hydrogens (primary N) is 1. The zero-order valence-corrected chi connectivity index (χ0v) is 8.37. The summed E-state index contributed by atoms with van der Waals surface area (Å²) in [6.07, 6.45) is 1.32. The number of H-pyrrole nitrogens is 1. The lowest BCUT2D eigenvalue weighted by molar-refractivity contribution is 0.594. The van der Waals surface area contributed by atoms with Crippen LogP contribution in [0.1, 0.15) is 17.4 Å². The summed E-state index contributed by atoms with van der Waals surface area (Å²) in [6, 6.07) is 3.67. The van der Waals surface area contributed by atoms with Gasteiger partial charge in [0.05, 0.1) is 6.04 Å². The topological polar surface area (TPSA) is 67.6 Å². The lowest BCUT2D eigenvalue weighted by Crippen LogP contribution is -2.15. The molecule has 4 nitrogen and oxygen atoms in total. The summed E-state index contributed by atoms with van der Waals surface area (Å²) >= 11 is 5.63. The van der Waals surface area contributed by atoms with Gasteiger partial charge >= 0.3 is 0 Å². The molecule has 3 N–H and O–H groups in total. The standard InChI is InChI=1S/C9H8ClFN4/c10-5-1-2-6(7(11)3-5)8(12)9-13-4-14-15-9/h1-4,8H,12H2,(H,13,14,15). The van der Waals surface area contributed by atoms with Crippen LogP contribution >= 0.6 is 11.6 Å². The summed E-state index contributed by atoms with van der Waals surface area (Å²) in [5, 5.41) is 6.58. The van der Waals surface area contributed by atoms with Crippen molar-refractivity contribution in [3.63, 3.8) is 0 Å². The Labute approximate surface area is 90.3 Å². The summed E-state index contributed by atoms with van der Waals surface area (Å²) in [7, 11) is 0. The first-order valence-electron chi connectivity index (χ1n) is 4.24. The first-order chi connectivity index (χ1) is 7.18. The van der Waals surface area contributed by atoms with Gasteiger partial charge in [0, 0.05) is 10.6 Å². The van der Waals surface area contributed by atoms with Crippen molar-refractivity contribution in [3.8, 4) is 0 Å². The van der Waals surface area contributed by atoms with Crippen LogP contribution in [-0.2, 0) is 0 Å². The maximum Gasteiger partial charge on any atom is 0.145 e. The lowest BCUT2D eigenvalue weighted by Gasteiger charge is -2.09. The molecule has 0 saturated heterocycles. The Bertz CT molecular complexity index is 457. The van der Waals surface area contributed by atoms with Crippen molar-refractivity contribution >= 4 is 11.6 Å². The number of hydrogen-bond acceptors (Lipinski definition) is 3. The number of rotatable bonds is 2. The van der Waals surface area contributed by atoms with E-state index in [2.05, 4.69) is 15.2 Å². The molecule has 6 heteroatoms. The molecule has 0 saturated carbocycles. The normalized spacial score (nSPS) is 12.7. The molecule has 1 atom stereocenters. The highest BCUT2D eigenvalue weighted by molar-refractivity contribution is 6.30. The second-order valence-corrected chi connectivity index (χ2v) is 3.45. The number of aromatic nitrogens is 3. The number of hydrogen-bond donors (Lipinski definition) is 2. The van der Waals surface area contributed by atoms with Gasteiger partial charge in [-0.15, -0.1) is 0 Å². The van der Waals surface area contributed by atoms with Gasteiger partial charge in [0.15, 0.2) is 0 Å². The van der Waals surface area contributed by atoms with Crippen molar-refractivity contribution in [1.82, 2.24) is 15.2 Å². The summed E-state index contributed by atoms with van der Waals surface area (Å²) in [5.41, 5.74) is 6.12. The van der Waals surface area contributed by atoms with E-state index in [1.54, 1.807) is 6.07 Å². The maximum absolute atomic E-state index is 13.5. The second kappa shape index (κ2) is 3.96. The molecular weight excluding hydrogens is 219 g/mol. The van der Waals surface area contributed by atoms with Crippen molar-refractivity contribution in [1.29, 1.82) is 0 Å². The predicted molar refractivity (Wildman–Crippen MR) is 53.8 cm³/mol. The first-order valence-corrected chi connectivity index (χ1v) is 4.62. The van der Waals surface area contributed by atoms with Crippen LogP contribution in [0.3, 0.4) is 0 Å². The van der Waals surface area contributed by atoms with E-state index in [-0.39, 0.29) is 0 Å². The van der Waals surface area contributed by atoms with Crippen LogP contribution in [0.5, 0.6) is 0 Å². The molecule has 0 spiro atoms. The third-order valence-corrected chi connectivity index (χ3v) is 2.26. The molecule has 2 rings (SSSR count). The van der Waals surface area contributed by atoms with Crippen LogP contribution in [0.2, 0.25) is 5.02 Å². The molecule has 1 aromatic heterocycles.